The summed E-state index contributed by atoms with van der Waals surface area (Å²) in [6.45, 7) is 8.86. The van der Waals surface area contributed by atoms with E-state index in [-0.39, 0.29) is 6.04 Å². The minimum Gasteiger partial charge on any atom is -0.305 e. The lowest BCUT2D eigenvalue weighted by Crippen LogP contribution is -2.39. The first-order chi connectivity index (χ1) is 27.0. The first kappa shape index (κ1) is 34.6. The number of aromatic nitrogens is 7. The van der Waals surface area contributed by atoms with Gasteiger partial charge in [-0.05, 0) is 93.1 Å². The lowest BCUT2D eigenvalue weighted by Gasteiger charge is -2.36. The molecule has 1 atom stereocenters. The zero-order valence-electron chi connectivity index (χ0n) is 31.9. The highest BCUT2D eigenvalue weighted by Gasteiger charge is 2.42. The van der Waals surface area contributed by atoms with Gasteiger partial charge < -0.3 is 4.57 Å². The van der Waals surface area contributed by atoms with Gasteiger partial charge in [-0.15, -0.1) is 5.10 Å². The van der Waals surface area contributed by atoms with Crippen LogP contribution in [0.3, 0.4) is 0 Å². The maximum atomic E-state index is 5.22. The van der Waals surface area contributed by atoms with Crippen LogP contribution < -0.4 is 0 Å². The van der Waals surface area contributed by atoms with E-state index in [2.05, 4.69) is 177 Å². The molecule has 3 heterocycles. The van der Waals surface area contributed by atoms with Gasteiger partial charge in [-0.1, -0.05) is 154 Å². The van der Waals surface area contributed by atoms with E-state index in [1.807, 2.05) is 4.68 Å². The molecule has 3 aromatic heterocycles. The molecule has 0 N–H and O–H groups in total. The Balaban J connectivity index is 1.17. The molecular formula is C48H45N7. The van der Waals surface area contributed by atoms with Crippen LogP contribution in [0.5, 0.6) is 0 Å². The molecule has 0 spiro atoms. The first-order valence-corrected chi connectivity index (χ1v) is 19.5. The van der Waals surface area contributed by atoms with Crippen molar-refractivity contribution in [3.63, 3.8) is 0 Å². The third-order valence-electron chi connectivity index (χ3n) is 11.2. The summed E-state index contributed by atoms with van der Waals surface area (Å²) in [5, 5.41) is 14.0. The Bertz CT molecular complexity index is 2510. The molecule has 0 saturated heterocycles. The third kappa shape index (κ3) is 5.86. The normalized spacial score (nSPS) is 14.2. The number of tetrazole rings is 1. The predicted octanol–water partition coefficient (Wildman–Crippen LogP) is 10.2. The fraction of sp³-hybridized carbons (Fsp3) is 0.229. The van der Waals surface area contributed by atoms with E-state index in [1.54, 1.807) is 0 Å². The van der Waals surface area contributed by atoms with Crippen LogP contribution in [0.2, 0.25) is 0 Å². The SMILES string of the molecule is CCc1nc2c(CC(C)C)cc(C)nc2n1[C@H]1CCc2cc(-c3ccccc3-c3nnnn3C(c3ccccc3)(c3ccccc3)c3ccccc3)ccc21. The van der Waals surface area contributed by atoms with Crippen molar-refractivity contribution in [3.05, 3.63) is 184 Å². The Morgan fingerprint density at radius 1 is 0.727 bits per heavy atom. The summed E-state index contributed by atoms with van der Waals surface area (Å²) < 4.78 is 4.46. The van der Waals surface area contributed by atoms with E-state index in [9.17, 15) is 0 Å². The van der Waals surface area contributed by atoms with Crippen LogP contribution in [0.25, 0.3) is 33.7 Å². The summed E-state index contributed by atoms with van der Waals surface area (Å²) in [5.74, 6) is 2.35. The fourth-order valence-electron chi connectivity index (χ4n) is 8.93. The Kier molecular flexibility index (Phi) is 8.93. The second kappa shape index (κ2) is 14.2. The summed E-state index contributed by atoms with van der Waals surface area (Å²) in [5.41, 5.74) is 12.7. The molecule has 0 saturated carbocycles. The third-order valence-corrected chi connectivity index (χ3v) is 11.2. The molecule has 9 rings (SSSR count). The number of fused-ring (bicyclic) bond motifs is 2. The molecule has 7 heteroatoms. The Morgan fingerprint density at radius 3 is 1.96 bits per heavy atom. The van der Waals surface area contributed by atoms with E-state index in [1.165, 1.54) is 16.7 Å². The number of hydrogen-bond donors (Lipinski definition) is 0. The molecule has 0 bridgehead atoms. The second-order valence-electron chi connectivity index (χ2n) is 15.2. The summed E-state index contributed by atoms with van der Waals surface area (Å²) in [6, 6.07) is 49.6. The minimum absolute atomic E-state index is 0.191. The number of pyridine rings is 1. The summed E-state index contributed by atoms with van der Waals surface area (Å²) in [4.78, 5) is 10.3. The van der Waals surface area contributed by atoms with Crippen LogP contribution >= 0.6 is 0 Å². The van der Waals surface area contributed by atoms with E-state index >= 15 is 0 Å². The largest absolute Gasteiger partial charge is 0.305 e. The molecule has 1 aliphatic carbocycles. The van der Waals surface area contributed by atoms with E-state index in [0.29, 0.717) is 11.7 Å². The lowest BCUT2D eigenvalue weighted by atomic mass is 9.77. The predicted molar refractivity (Wildman–Crippen MR) is 220 cm³/mol. The molecule has 0 unspecified atom stereocenters. The molecule has 55 heavy (non-hydrogen) atoms. The maximum Gasteiger partial charge on any atom is 0.184 e. The van der Waals surface area contributed by atoms with Crippen molar-refractivity contribution in [2.45, 2.75) is 65.0 Å². The first-order valence-electron chi connectivity index (χ1n) is 19.5. The molecule has 8 aromatic rings. The van der Waals surface area contributed by atoms with Gasteiger partial charge in [0.05, 0.1) is 6.04 Å². The molecule has 0 amide bonds. The van der Waals surface area contributed by atoms with Gasteiger partial charge in [0.2, 0.25) is 0 Å². The molecule has 0 fully saturated rings. The number of aryl methyl sites for hydroxylation is 3. The zero-order valence-corrected chi connectivity index (χ0v) is 31.9. The quantitative estimate of drug-likeness (QED) is 0.132. The molecule has 272 valence electrons. The van der Waals surface area contributed by atoms with Crippen molar-refractivity contribution in [2.75, 3.05) is 0 Å². The standard InChI is InChI=1S/C48H45N7/c1-5-44-50-45-36(29-32(2)3)30-33(4)49-47(45)54(44)43-28-26-35-31-34(25-27-41(35)43)40-23-15-16-24-42(40)46-51-52-53-55(46)48(37-17-9-6-10-18-37,38-19-11-7-12-20-38)39-21-13-8-14-22-39/h6-25,27,30-32,43H,5,26,28-29H2,1-4H3/t43-/m0/s1. The van der Waals surface area contributed by atoms with Crippen molar-refractivity contribution in [1.82, 2.24) is 34.7 Å². The number of benzene rings is 5. The molecule has 1 aliphatic rings. The van der Waals surface area contributed by atoms with E-state index in [0.717, 1.165) is 81.7 Å². The van der Waals surface area contributed by atoms with Crippen LogP contribution in [0.4, 0.5) is 0 Å². The minimum atomic E-state index is -0.840. The van der Waals surface area contributed by atoms with Crippen molar-refractivity contribution in [2.24, 2.45) is 5.92 Å². The van der Waals surface area contributed by atoms with Crippen molar-refractivity contribution in [1.29, 1.82) is 0 Å². The number of imidazole rings is 1. The lowest BCUT2D eigenvalue weighted by molar-refractivity contribution is 0.451. The number of hydrogen-bond acceptors (Lipinski definition) is 5. The molecule has 7 nitrogen and oxygen atoms in total. The monoisotopic (exact) mass is 719 g/mol. The molecule has 0 aliphatic heterocycles. The zero-order chi connectivity index (χ0) is 37.5. The van der Waals surface area contributed by atoms with Crippen LogP contribution in [0.1, 0.15) is 78.1 Å². The summed E-state index contributed by atoms with van der Waals surface area (Å²) in [7, 11) is 0. The molecule has 5 aromatic carbocycles. The molecular weight excluding hydrogens is 675 g/mol. The highest BCUT2D eigenvalue weighted by Crippen LogP contribution is 2.45. The summed E-state index contributed by atoms with van der Waals surface area (Å²) in [6.07, 6.45) is 3.86. The Hall–Kier alpha value is -6.21. The van der Waals surface area contributed by atoms with Crippen LogP contribution in [-0.2, 0) is 24.8 Å². The van der Waals surface area contributed by atoms with Gasteiger partial charge in [-0.2, -0.15) is 0 Å². The fourth-order valence-corrected chi connectivity index (χ4v) is 8.93. The smallest absolute Gasteiger partial charge is 0.184 e. The highest BCUT2D eigenvalue weighted by molar-refractivity contribution is 5.82. The van der Waals surface area contributed by atoms with Gasteiger partial charge in [0.15, 0.2) is 11.5 Å². The van der Waals surface area contributed by atoms with Gasteiger partial charge in [0.25, 0.3) is 0 Å². The van der Waals surface area contributed by atoms with Crippen molar-refractivity contribution >= 4 is 11.2 Å². The Morgan fingerprint density at radius 2 is 1.35 bits per heavy atom. The van der Waals surface area contributed by atoms with E-state index < -0.39 is 5.54 Å². The average Bonchev–Trinajstić information content (AvgIpc) is 3.97. The number of nitrogens with zero attached hydrogens (tertiary/aromatic N) is 7. The highest BCUT2D eigenvalue weighted by atomic mass is 15.6. The van der Waals surface area contributed by atoms with Crippen LogP contribution in [-0.4, -0.2) is 34.7 Å². The maximum absolute atomic E-state index is 5.22. The molecule has 0 radical (unpaired) electrons. The summed E-state index contributed by atoms with van der Waals surface area (Å²) >= 11 is 0. The van der Waals surface area contributed by atoms with Crippen molar-refractivity contribution < 1.29 is 0 Å². The van der Waals surface area contributed by atoms with Gasteiger partial charge in [-0.25, -0.2) is 14.6 Å². The number of rotatable bonds is 10. The second-order valence-corrected chi connectivity index (χ2v) is 15.2. The van der Waals surface area contributed by atoms with Gasteiger partial charge >= 0.3 is 0 Å². The van der Waals surface area contributed by atoms with Gasteiger partial charge in [0, 0.05) is 17.7 Å². The Labute approximate surface area is 322 Å². The average molecular weight is 720 g/mol. The van der Waals surface area contributed by atoms with Gasteiger partial charge in [-0.3, -0.25) is 0 Å². The van der Waals surface area contributed by atoms with Crippen LogP contribution in [0.15, 0.2) is 140 Å². The van der Waals surface area contributed by atoms with Crippen LogP contribution in [0, 0.1) is 12.8 Å². The van der Waals surface area contributed by atoms with Crippen molar-refractivity contribution in [3.8, 4) is 22.5 Å². The topological polar surface area (TPSA) is 74.3 Å². The van der Waals surface area contributed by atoms with Gasteiger partial charge in [0.1, 0.15) is 16.9 Å². The van der Waals surface area contributed by atoms with E-state index in [4.69, 9.17) is 20.3 Å².